The highest BCUT2D eigenvalue weighted by Crippen LogP contribution is 2.34. The van der Waals surface area contributed by atoms with Crippen LogP contribution >= 0.6 is 11.6 Å². The largest absolute Gasteiger partial charge is 0.493 e. The normalized spacial score (nSPS) is 25.7. The summed E-state index contributed by atoms with van der Waals surface area (Å²) >= 11 is 6.29. The molecule has 0 amide bonds. The number of rotatable bonds is 4. The Balaban J connectivity index is 1.81. The number of piperazine rings is 1. The Labute approximate surface area is 132 Å². The third-order valence-electron chi connectivity index (χ3n) is 4.55. The van der Waals surface area contributed by atoms with Gasteiger partial charge in [-0.15, -0.1) is 0 Å². The van der Waals surface area contributed by atoms with E-state index in [1.165, 1.54) is 24.0 Å². The molecule has 0 aromatic heterocycles. The van der Waals surface area contributed by atoms with Gasteiger partial charge in [-0.3, -0.25) is 4.90 Å². The van der Waals surface area contributed by atoms with Crippen molar-refractivity contribution in [3.8, 4) is 5.75 Å². The Kier molecular flexibility index (Phi) is 4.72. The number of halogens is 1. The third kappa shape index (κ3) is 3.36. The summed E-state index contributed by atoms with van der Waals surface area (Å²) in [5, 5.41) is 4.43. The maximum atomic E-state index is 6.29. The minimum Gasteiger partial charge on any atom is -0.493 e. The van der Waals surface area contributed by atoms with Crippen LogP contribution in [0.15, 0.2) is 12.1 Å². The average molecular weight is 309 g/mol. The van der Waals surface area contributed by atoms with Crippen LogP contribution in [0.5, 0.6) is 5.75 Å². The second-order valence-electron chi connectivity index (χ2n) is 6.33. The Morgan fingerprint density at radius 3 is 3.10 bits per heavy atom. The molecule has 1 fully saturated rings. The van der Waals surface area contributed by atoms with E-state index in [1.54, 1.807) is 0 Å². The zero-order chi connectivity index (χ0) is 14.8. The fourth-order valence-electron chi connectivity index (χ4n) is 3.53. The molecule has 3 nitrogen and oxygen atoms in total. The van der Waals surface area contributed by atoms with Gasteiger partial charge >= 0.3 is 0 Å². The van der Waals surface area contributed by atoms with Crippen molar-refractivity contribution in [1.82, 2.24) is 10.2 Å². The van der Waals surface area contributed by atoms with Crippen LogP contribution in [0, 0.1) is 0 Å². The van der Waals surface area contributed by atoms with E-state index in [0.29, 0.717) is 12.1 Å². The lowest BCUT2D eigenvalue weighted by Crippen LogP contribution is -2.54. The van der Waals surface area contributed by atoms with Gasteiger partial charge in [-0.05, 0) is 31.0 Å². The van der Waals surface area contributed by atoms with E-state index in [4.69, 9.17) is 16.3 Å². The molecule has 4 heteroatoms. The minimum atomic E-state index is 0.547. The molecule has 2 unspecified atom stereocenters. The zero-order valence-electron chi connectivity index (χ0n) is 13.0. The van der Waals surface area contributed by atoms with Crippen molar-refractivity contribution in [3.63, 3.8) is 0 Å². The molecule has 0 saturated carbocycles. The van der Waals surface area contributed by atoms with Crippen molar-refractivity contribution in [2.75, 3.05) is 19.7 Å². The van der Waals surface area contributed by atoms with Crippen molar-refractivity contribution in [2.24, 2.45) is 0 Å². The van der Waals surface area contributed by atoms with Gasteiger partial charge in [0, 0.05) is 48.7 Å². The smallest absolute Gasteiger partial charge is 0.127 e. The third-order valence-corrected chi connectivity index (χ3v) is 4.77. The zero-order valence-corrected chi connectivity index (χ0v) is 13.7. The molecular weight excluding hydrogens is 284 g/mol. The predicted octanol–water partition coefficient (Wildman–Crippen LogP) is 3.24. The van der Waals surface area contributed by atoms with E-state index in [0.717, 1.165) is 43.4 Å². The van der Waals surface area contributed by atoms with Crippen molar-refractivity contribution < 1.29 is 4.74 Å². The molecule has 1 aromatic carbocycles. The van der Waals surface area contributed by atoms with Gasteiger partial charge in [0.1, 0.15) is 5.75 Å². The second kappa shape index (κ2) is 6.55. The van der Waals surface area contributed by atoms with Crippen LogP contribution in [-0.4, -0.2) is 36.7 Å². The first-order valence-corrected chi connectivity index (χ1v) is 8.46. The number of hydrogen-bond donors (Lipinski definition) is 1. The maximum absolute atomic E-state index is 6.29. The lowest BCUT2D eigenvalue weighted by atomic mass is 10.0. The van der Waals surface area contributed by atoms with Gasteiger partial charge < -0.3 is 10.1 Å². The Morgan fingerprint density at radius 1 is 1.43 bits per heavy atom. The summed E-state index contributed by atoms with van der Waals surface area (Å²) in [4.78, 5) is 2.60. The van der Waals surface area contributed by atoms with Crippen LogP contribution < -0.4 is 10.1 Å². The molecule has 0 bridgehead atoms. The fraction of sp³-hybridized carbons (Fsp3) is 0.647. The highest BCUT2D eigenvalue weighted by atomic mass is 35.5. The molecule has 116 valence electrons. The molecular formula is C17H25ClN2O. The molecule has 2 heterocycles. The van der Waals surface area contributed by atoms with E-state index in [-0.39, 0.29) is 0 Å². The highest BCUT2D eigenvalue weighted by molar-refractivity contribution is 6.30. The van der Waals surface area contributed by atoms with Crippen LogP contribution in [0.3, 0.4) is 0 Å². The molecule has 0 radical (unpaired) electrons. The Hall–Kier alpha value is -0.770. The number of fused-ring (bicyclic) bond motifs is 1. The van der Waals surface area contributed by atoms with Gasteiger partial charge in [-0.1, -0.05) is 24.9 Å². The molecule has 21 heavy (non-hydrogen) atoms. The topological polar surface area (TPSA) is 24.5 Å². The van der Waals surface area contributed by atoms with Crippen molar-refractivity contribution in [2.45, 2.75) is 51.7 Å². The van der Waals surface area contributed by atoms with Crippen molar-refractivity contribution >= 4 is 11.6 Å². The molecule has 0 aliphatic carbocycles. The van der Waals surface area contributed by atoms with Crippen LogP contribution in [0.4, 0.5) is 0 Å². The first-order chi connectivity index (χ1) is 10.2. The number of benzene rings is 1. The standard InChI is InChI=1S/C17H25ClN2O/c1-3-4-16-9-19-12(2)10-20(16)11-14-8-15(18)7-13-5-6-21-17(13)14/h7-8,12,16,19H,3-6,9-11H2,1-2H3. The van der Waals surface area contributed by atoms with Crippen molar-refractivity contribution in [3.05, 3.63) is 28.3 Å². The first kappa shape index (κ1) is 15.1. The van der Waals surface area contributed by atoms with Gasteiger partial charge in [-0.25, -0.2) is 0 Å². The lowest BCUT2D eigenvalue weighted by molar-refractivity contribution is 0.119. The molecule has 2 aliphatic rings. The molecule has 2 aliphatic heterocycles. The monoisotopic (exact) mass is 308 g/mol. The number of nitrogens with zero attached hydrogens (tertiary/aromatic N) is 1. The van der Waals surface area contributed by atoms with Crippen molar-refractivity contribution in [1.29, 1.82) is 0 Å². The first-order valence-electron chi connectivity index (χ1n) is 8.09. The summed E-state index contributed by atoms with van der Waals surface area (Å²) in [7, 11) is 0. The highest BCUT2D eigenvalue weighted by Gasteiger charge is 2.27. The second-order valence-corrected chi connectivity index (χ2v) is 6.77. The van der Waals surface area contributed by atoms with E-state index >= 15 is 0 Å². The maximum Gasteiger partial charge on any atom is 0.127 e. The van der Waals surface area contributed by atoms with Gasteiger partial charge in [0.2, 0.25) is 0 Å². The van der Waals surface area contributed by atoms with Gasteiger partial charge in [0.15, 0.2) is 0 Å². The summed E-state index contributed by atoms with van der Waals surface area (Å²) in [6.07, 6.45) is 3.45. The van der Waals surface area contributed by atoms with Crippen LogP contribution in [0.2, 0.25) is 5.02 Å². The molecule has 1 aromatic rings. The van der Waals surface area contributed by atoms with Crippen LogP contribution in [0.25, 0.3) is 0 Å². The number of nitrogens with one attached hydrogen (secondary N) is 1. The number of hydrogen-bond acceptors (Lipinski definition) is 3. The summed E-state index contributed by atoms with van der Waals surface area (Å²) < 4.78 is 5.85. The predicted molar refractivity (Wildman–Crippen MR) is 87.2 cm³/mol. The molecule has 3 rings (SSSR count). The summed E-state index contributed by atoms with van der Waals surface area (Å²) in [5.74, 6) is 1.08. The minimum absolute atomic E-state index is 0.547. The van der Waals surface area contributed by atoms with E-state index in [9.17, 15) is 0 Å². The molecule has 2 atom stereocenters. The SMILES string of the molecule is CCCC1CNC(C)CN1Cc1cc(Cl)cc2c1OCC2. The summed E-state index contributed by atoms with van der Waals surface area (Å²) in [6, 6.07) is 5.30. The van der Waals surface area contributed by atoms with Crippen LogP contribution in [-0.2, 0) is 13.0 Å². The van der Waals surface area contributed by atoms with E-state index < -0.39 is 0 Å². The Bertz CT molecular complexity index is 506. The Morgan fingerprint density at radius 2 is 2.29 bits per heavy atom. The summed E-state index contributed by atoms with van der Waals surface area (Å²) in [5.41, 5.74) is 2.53. The summed E-state index contributed by atoms with van der Waals surface area (Å²) in [6.45, 7) is 8.42. The van der Waals surface area contributed by atoms with Gasteiger partial charge in [0.25, 0.3) is 0 Å². The molecule has 0 spiro atoms. The van der Waals surface area contributed by atoms with E-state index in [1.807, 2.05) is 0 Å². The number of ether oxygens (including phenoxy) is 1. The van der Waals surface area contributed by atoms with Gasteiger partial charge in [-0.2, -0.15) is 0 Å². The average Bonchev–Trinajstić information content (AvgIpc) is 2.90. The van der Waals surface area contributed by atoms with Crippen LogP contribution in [0.1, 0.15) is 37.8 Å². The van der Waals surface area contributed by atoms with E-state index in [2.05, 4.69) is 36.2 Å². The quantitative estimate of drug-likeness (QED) is 0.924. The molecule has 1 N–H and O–H groups in total. The van der Waals surface area contributed by atoms with Gasteiger partial charge in [0.05, 0.1) is 6.61 Å². The fourth-order valence-corrected chi connectivity index (χ4v) is 3.79. The lowest BCUT2D eigenvalue weighted by Gasteiger charge is -2.39. The molecule has 1 saturated heterocycles.